The number of fused-ring (bicyclic) bond motifs is 3. The van der Waals surface area contributed by atoms with Gasteiger partial charge in [0, 0.05) is 16.6 Å². The minimum atomic E-state index is -0.985. The van der Waals surface area contributed by atoms with Crippen LogP contribution >= 0.6 is 15.9 Å². The third-order valence-corrected chi connectivity index (χ3v) is 8.62. The first-order chi connectivity index (χ1) is 18.3. The van der Waals surface area contributed by atoms with E-state index in [0.29, 0.717) is 37.7 Å². The fourth-order valence-corrected chi connectivity index (χ4v) is 6.88. The SMILES string of the molecule is CCCN1C(=O)[C@@H]2[C@@H](CC(C)=C3[C@@H](CC/C(=C/c4cc(Br)ccc4O)c4ccccc4)OB(O)C[C@@H]32)C1=O. The zero-order valence-electron chi connectivity index (χ0n) is 21.8. The van der Waals surface area contributed by atoms with E-state index in [0.717, 1.165) is 33.2 Å². The van der Waals surface area contributed by atoms with Crippen molar-refractivity contribution >= 4 is 46.5 Å². The summed E-state index contributed by atoms with van der Waals surface area (Å²) in [4.78, 5) is 27.9. The van der Waals surface area contributed by atoms with Crippen molar-refractivity contribution in [1.82, 2.24) is 4.90 Å². The van der Waals surface area contributed by atoms with E-state index in [1.54, 1.807) is 12.1 Å². The Morgan fingerprint density at radius 1 is 1.16 bits per heavy atom. The molecule has 2 aromatic rings. The molecule has 0 spiro atoms. The first-order valence-electron chi connectivity index (χ1n) is 13.4. The molecule has 0 aromatic heterocycles. The summed E-state index contributed by atoms with van der Waals surface area (Å²) in [7, 11) is -0.985. The van der Waals surface area contributed by atoms with Crippen LogP contribution in [0.3, 0.4) is 0 Å². The average molecular weight is 578 g/mol. The van der Waals surface area contributed by atoms with Crippen LogP contribution in [-0.2, 0) is 14.2 Å². The average Bonchev–Trinajstić information content (AvgIpc) is 3.13. The molecule has 6 nitrogen and oxygen atoms in total. The molecular formula is C30H33BBrNO5. The molecule has 0 bridgehead atoms. The molecule has 2 N–H and O–H groups in total. The van der Waals surface area contributed by atoms with Gasteiger partial charge in [-0.3, -0.25) is 14.5 Å². The molecule has 198 valence electrons. The maximum absolute atomic E-state index is 13.4. The van der Waals surface area contributed by atoms with Gasteiger partial charge in [-0.15, -0.1) is 0 Å². The largest absolute Gasteiger partial charge is 0.507 e. The molecule has 2 fully saturated rings. The molecule has 3 aliphatic rings. The molecule has 38 heavy (non-hydrogen) atoms. The summed E-state index contributed by atoms with van der Waals surface area (Å²) in [5.41, 5.74) is 4.97. The van der Waals surface area contributed by atoms with E-state index in [-0.39, 0.29) is 35.5 Å². The van der Waals surface area contributed by atoms with Gasteiger partial charge in [-0.05, 0) is 85.8 Å². The van der Waals surface area contributed by atoms with Crippen molar-refractivity contribution < 1.29 is 24.4 Å². The van der Waals surface area contributed by atoms with Crippen LogP contribution in [0.1, 0.15) is 50.7 Å². The number of benzene rings is 2. The zero-order chi connectivity index (χ0) is 27.0. The van der Waals surface area contributed by atoms with Gasteiger partial charge in [0.1, 0.15) is 5.75 Å². The van der Waals surface area contributed by atoms with E-state index in [2.05, 4.69) is 15.9 Å². The summed E-state index contributed by atoms with van der Waals surface area (Å²) in [5.74, 6) is -0.923. The molecule has 0 unspecified atom stereocenters. The maximum atomic E-state index is 13.4. The van der Waals surface area contributed by atoms with Crippen LogP contribution in [0.2, 0.25) is 6.32 Å². The molecule has 4 atom stereocenters. The van der Waals surface area contributed by atoms with E-state index >= 15 is 0 Å². The summed E-state index contributed by atoms with van der Waals surface area (Å²) in [6, 6.07) is 15.4. The van der Waals surface area contributed by atoms with E-state index in [1.165, 1.54) is 4.90 Å². The van der Waals surface area contributed by atoms with Crippen LogP contribution in [0.5, 0.6) is 5.75 Å². The van der Waals surface area contributed by atoms with Crippen LogP contribution in [0.4, 0.5) is 0 Å². The Balaban J connectivity index is 1.44. The topological polar surface area (TPSA) is 87.1 Å². The van der Waals surface area contributed by atoms with Gasteiger partial charge in [0.25, 0.3) is 0 Å². The molecule has 2 aliphatic heterocycles. The lowest BCUT2D eigenvalue weighted by molar-refractivity contribution is -0.140. The van der Waals surface area contributed by atoms with Crippen molar-refractivity contribution in [3.8, 4) is 5.75 Å². The number of amides is 2. The smallest absolute Gasteiger partial charge is 0.455 e. The number of nitrogens with zero attached hydrogens (tertiary/aromatic N) is 1. The number of halogens is 1. The number of hydrogen-bond donors (Lipinski definition) is 2. The van der Waals surface area contributed by atoms with Gasteiger partial charge in [-0.25, -0.2) is 0 Å². The standard InChI is InChI=1S/C30H33BBrNO5/c1-3-13-33-29(35)23-14-18(2)27-24(28(23)30(33)36)17-31(37)38-26(27)12-9-20(19-7-5-4-6-8-19)15-21-16-22(32)10-11-25(21)34/h4-8,10-11,15-16,23-24,26,28,34,37H,3,9,12-14,17H2,1-2H3/b20-15-/t23-,24+,26-,28-/m1/s1. The Hall–Kier alpha value is -2.68. The van der Waals surface area contributed by atoms with Gasteiger partial charge in [0.15, 0.2) is 0 Å². The van der Waals surface area contributed by atoms with Gasteiger partial charge in [-0.1, -0.05) is 58.8 Å². The van der Waals surface area contributed by atoms with Crippen molar-refractivity contribution in [2.24, 2.45) is 17.8 Å². The molecule has 2 aromatic carbocycles. The van der Waals surface area contributed by atoms with Crippen LogP contribution in [0.15, 0.2) is 64.1 Å². The third-order valence-electron chi connectivity index (χ3n) is 8.13. The fourth-order valence-electron chi connectivity index (χ4n) is 6.50. The predicted octanol–water partition coefficient (Wildman–Crippen LogP) is 5.70. The molecule has 2 heterocycles. The molecule has 8 heteroatoms. The highest BCUT2D eigenvalue weighted by molar-refractivity contribution is 9.10. The van der Waals surface area contributed by atoms with Crippen molar-refractivity contribution in [3.05, 3.63) is 75.3 Å². The molecular weight excluding hydrogens is 545 g/mol. The molecule has 2 saturated heterocycles. The highest BCUT2D eigenvalue weighted by Crippen LogP contribution is 2.50. The van der Waals surface area contributed by atoms with Gasteiger partial charge in [0.05, 0.1) is 17.9 Å². The fraction of sp³-hybridized carbons (Fsp3) is 0.400. The van der Waals surface area contributed by atoms with E-state index in [1.807, 2.05) is 56.3 Å². The Morgan fingerprint density at radius 2 is 1.92 bits per heavy atom. The van der Waals surface area contributed by atoms with Gasteiger partial charge < -0.3 is 14.8 Å². The highest BCUT2D eigenvalue weighted by Gasteiger charge is 2.56. The number of carbonyl (C=O) groups is 2. The summed E-state index contributed by atoms with van der Waals surface area (Å²) in [6.07, 6.45) is 4.51. The number of phenolic OH excluding ortho intramolecular Hbond substituents is 1. The lowest BCUT2D eigenvalue weighted by Crippen LogP contribution is -2.46. The van der Waals surface area contributed by atoms with Crippen molar-refractivity contribution in [2.75, 3.05) is 6.54 Å². The molecule has 0 radical (unpaired) electrons. The van der Waals surface area contributed by atoms with Crippen LogP contribution in [0, 0.1) is 17.8 Å². The van der Waals surface area contributed by atoms with Gasteiger partial charge in [0.2, 0.25) is 11.8 Å². The quantitative estimate of drug-likeness (QED) is 0.191. The van der Waals surface area contributed by atoms with Crippen molar-refractivity contribution in [1.29, 1.82) is 0 Å². The minimum Gasteiger partial charge on any atom is -0.507 e. The number of phenols is 1. The molecule has 2 amide bonds. The first kappa shape index (κ1) is 26.9. The molecule has 5 rings (SSSR count). The second kappa shape index (κ2) is 11.2. The number of aromatic hydroxyl groups is 1. The van der Waals surface area contributed by atoms with Crippen molar-refractivity contribution in [3.63, 3.8) is 0 Å². The Morgan fingerprint density at radius 3 is 2.66 bits per heavy atom. The summed E-state index contributed by atoms with van der Waals surface area (Å²) < 4.78 is 6.97. The number of likely N-dealkylation sites (tertiary alicyclic amines) is 1. The first-order valence-corrected chi connectivity index (χ1v) is 14.2. The number of rotatable bonds is 7. The van der Waals surface area contributed by atoms with E-state index < -0.39 is 13.0 Å². The van der Waals surface area contributed by atoms with Crippen molar-refractivity contribution in [2.45, 2.75) is 52.0 Å². The van der Waals surface area contributed by atoms with Crippen LogP contribution in [0.25, 0.3) is 11.6 Å². The number of carbonyl (C=O) groups excluding carboxylic acids is 2. The maximum Gasteiger partial charge on any atom is 0.455 e. The Bertz CT molecular complexity index is 1290. The lowest BCUT2D eigenvalue weighted by atomic mass is 9.58. The lowest BCUT2D eigenvalue weighted by Gasteiger charge is -2.42. The number of imide groups is 1. The third kappa shape index (κ3) is 5.14. The predicted molar refractivity (Wildman–Crippen MR) is 152 cm³/mol. The highest BCUT2D eigenvalue weighted by atomic mass is 79.9. The second-order valence-corrected chi connectivity index (χ2v) is 11.5. The Kier molecular flexibility index (Phi) is 7.94. The van der Waals surface area contributed by atoms with E-state index in [9.17, 15) is 19.7 Å². The van der Waals surface area contributed by atoms with Gasteiger partial charge in [-0.2, -0.15) is 0 Å². The summed E-state index contributed by atoms with van der Waals surface area (Å²) in [5, 5.41) is 21.2. The Labute approximate surface area is 232 Å². The number of allylic oxidation sites excluding steroid dienone is 2. The monoisotopic (exact) mass is 577 g/mol. The molecule has 1 aliphatic carbocycles. The second-order valence-electron chi connectivity index (χ2n) is 10.6. The van der Waals surface area contributed by atoms with Gasteiger partial charge >= 0.3 is 7.12 Å². The number of hydrogen-bond acceptors (Lipinski definition) is 5. The van der Waals surface area contributed by atoms with Crippen LogP contribution < -0.4 is 0 Å². The zero-order valence-corrected chi connectivity index (χ0v) is 23.4. The minimum absolute atomic E-state index is 0.0686. The van der Waals surface area contributed by atoms with Crippen LogP contribution in [-0.4, -0.2) is 46.6 Å². The summed E-state index contributed by atoms with van der Waals surface area (Å²) >= 11 is 3.49. The van der Waals surface area contributed by atoms with E-state index in [4.69, 9.17) is 4.65 Å². The normalized spacial score (nSPS) is 25.6. The molecule has 0 saturated carbocycles. The summed E-state index contributed by atoms with van der Waals surface area (Å²) in [6.45, 7) is 4.46.